The second-order valence-electron chi connectivity index (χ2n) is 6.98. The van der Waals surface area contributed by atoms with Crippen LogP contribution in [-0.4, -0.2) is 73.6 Å². The number of aliphatic hydroxyl groups excluding tert-OH is 1. The molecule has 39 heavy (non-hydrogen) atoms. The normalized spacial score (nSPS) is 9.10. The van der Waals surface area contributed by atoms with Crippen molar-refractivity contribution in [1.29, 1.82) is 0 Å². The smallest absolute Gasteiger partial charge is 0.334 e. The number of allylic oxidation sites excluding steroid dienone is 1. The van der Waals surface area contributed by atoms with Crippen LogP contribution in [0.15, 0.2) is 73.9 Å². The molecule has 0 aliphatic rings. The number of aliphatic carboxylic acids is 1. The number of carboxylic acids is 1. The van der Waals surface area contributed by atoms with Crippen molar-refractivity contribution >= 4 is 29.8 Å². The Morgan fingerprint density at radius 2 is 1.36 bits per heavy atom. The van der Waals surface area contributed by atoms with E-state index in [2.05, 4.69) is 47.1 Å². The fourth-order valence-corrected chi connectivity index (χ4v) is 1.44. The van der Waals surface area contributed by atoms with Gasteiger partial charge in [-0.15, -0.1) is 0 Å². The number of aliphatic hydroxyl groups is 1. The lowest BCUT2D eigenvalue weighted by Crippen LogP contribution is -2.07. The minimum Gasteiger partial charge on any atom is -0.478 e. The van der Waals surface area contributed by atoms with E-state index in [-0.39, 0.29) is 49.3 Å². The van der Waals surface area contributed by atoms with Gasteiger partial charge in [-0.25, -0.2) is 24.0 Å². The summed E-state index contributed by atoms with van der Waals surface area (Å²) in [6, 6.07) is 0. The first-order valence-electron chi connectivity index (χ1n) is 11.6. The van der Waals surface area contributed by atoms with Crippen LogP contribution in [0, 0.1) is 0 Å². The SMILES string of the molecule is C=C(C)C(=O)OC.C=CC(=O)OCCCC.C=CC(=O)OCCO.C=CCOC(=O)C(=C)CC=C(C)C(=O)O. The van der Waals surface area contributed by atoms with E-state index in [0.29, 0.717) is 12.2 Å². The summed E-state index contributed by atoms with van der Waals surface area (Å²) in [4.78, 5) is 52.2. The van der Waals surface area contributed by atoms with Crippen molar-refractivity contribution in [2.45, 2.75) is 40.0 Å². The van der Waals surface area contributed by atoms with Crippen LogP contribution < -0.4 is 0 Å². The van der Waals surface area contributed by atoms with Crippen molar-refractivity contribution < 1.29 is 53.1 Å². The lowest BCUT2D eigenvalue weighted by molar-refractivity contribution is -0.139. The highest BCUT2D eigenvalue weighted by Gasteiger charge is 2.07. The van der Waals surface area contributed by atoms with Gasteiger partial charge in [0.05, 0.1) is 20.3 Å². The molecule has 0 heterocycles. The van der Waals surface area contributed by atoms with Gasteiger partial charge in [0, 0.05) is 28.9 Å². The van der Waals surface area contributed by atoms with Crippen LogP contribution in [0.3, 0.4) is 0 Å². The van der Waals surface area contributed by atoms with Crippen molar-refractivity contribution in [2.24, 2.45) is 0 Å². The van der Waals surface area contributed by atoms with Crippen molar-refractivity contribution in [3.63, 3.8) is 0 Å². The quantitative estimate of drug-likeness (QED) is 0.106. The number of rotatable bonds is 14. The van der Waals surface area contributed by atoms with Gasteiger partial charge in [0.1, 0.15) is 13.2 Å². The van der Waals surface area contributed by atoms with Crippen LogP contribution in [0.4, 0.5) is 0 Å². The maximum absolute atomic E-state index is 11.1. The molecule has 0 aromatic rings. The maximum Gasteiger partial charge on any atom is 0.334 e. The van der Waals surface area contributed by atoms with Gasteiger partial charge in [-0.1, -0.05) is 58.4 Å². The first-order chi connectivity index (χ1) is 18.3. The molecule has 0 radical (unpaired) electrons. The average molecular weight is 555 g/mol. The highest BCUT2D eigenvalue weighted by Crippen LogP contribution is 2.05. The molecular weight excluding hydrogens is 512 g/mol. The van der Waals surface area contributed by atoms with Gasteiger partial charge in [0.2, 0.25) is 0 Å². The molecule has 11 heteroatoms. The van der Waals surface area contributed by atoms with Crippen molar-refractivity contribution in [2.75, 3.05) is 33.5 Å². The van der Waals surface area contributed by atoms with Crippen molar-refractivity contribution in [3.8, 4) is 0 Å². The molecule has 0 saturated heterocycles. The van der Waals surface area contributed by atoms with E-state index >= 15 is 0 Å². The molecule has 0 amide bonds. The van der Waals surface area contributed by atoms with Crippen LogP contribution in [0.5, 0.6) is 0 Å². The number of unbranched alkanes of at least 4 members (excludes halogenated alkanes) is 1. The highest BCUT2D eigenvalue weighted by molar-refractivity contribution is 5.89. The summed E-state index contributed by atoms with van der Waals surface area (Å²) in [7, 11) is 1.33. The Balaban J connectivity index is -0.000000221. The zero-order valence-electron chi connectivity index (χ0n) is 23.4. The summed E-state index contributed by atoms with van der Waals surface area (Å²) in [6.45, 7) is 22.3. The van der Waals surface area contributed by atoms with Crippen LogP contribution in [0.25, 0.3) is 0 Å². The monoisotopic (exact) mass is 554 g/mol. The summed E-state index contributed by atoms with van der Waals surface area (Å²) >= 11 is 0. The Morgan fingerprint density at radius 1 is 0.846 bits per heavy atom. The molecule has 0 saturated carbocycles. The van der Waals surface area contributed by atoms with Crippen molar-refractivity contribution in [1.82, 2.24) is 0 Å². The Hall–Kier alpha value is -4.25. The van der Waals surface area contributed by atoms with Gasteiger partial charge >= 0.3 is 29.8 Å². The summed E-state index contributed by atoms with van der Waals surface area (Å²) < 4.78 is 18.0. The summed E-state index contributed by atoms with van der Waals surface area (Å²) in [5, 5.41) is 16.6. The third-order valence-corrected chi connectivity index (χ3v) is 3.56. The minimum atomic E-state index is -1.01. The molecule has 2 N–H and O–H groups in total. The van der Waals surface area contributed by atoms with Crippen LogP contribution in [0.1, 0.15) is 40.0 Å². The van der Waals surface area contributed by atoms with Crippen LogP contribution in [-0.2, 0) is 42.9 Å². The molecule has 0 aliphatic carbocycles. The number of carbonyl (C=O) groups excluding carboxylic acids is 4. The highest BCUT2D eigenvalue weighted by atomic mass is 16.5. The molecule has 0 spiro atoms. The standard InChI is InChI=1S/C11H14O4.C7H12O2.C5H8O3.C5H8O2/c1-4-7-15-11(14)9(3)6-5-8(2)10(12)13;1-3-5-6-9-7(8)4-2;1-2-5(7)8-4-3-6;1-4(2)5(6)7-3/h4-5H,1,3,6-7H2,2H3,(H,12,13);4H,2-3,5-6H2,1H3;2,6H,1,3-4H2;1H2,2-3H3. The third-order valence-electron chi connectivity index (χ3n) is 3.56. The van der Waals surface area contributed by atoms with Gasteiger partial charge < -0.3 is 29.2 Å². The molecule has 0 rings (SSSR count). The Kier molecular flexibility index (Phi) is 32.2. The Bertz CT molecular complexity index is 852. The first kappa shape index (κ1) is 41.9. The molecule has 0 atom stereocenters. The van der Waals surface area contributed by atoms with Gasteiger partial charge in [-0.05, 0) is 26.7 Å². The molecule has 0 fully saturated rings. The van der Waals surface area contributed by atoms with Crippen LogP contribution in [0.2, 0.25) is 0 Å². The summed E-state index contributed by atoms with van der Waals surface area (Å²) in [5.41, 5.74) is 0.827. The predicted octanol–water partition coefficient (Wildman–Crippen LogP) is 3.65. The maximum atomic E-state index is 11.1. The third kappa shape index (κ3) is 33.8. The lowest BCUT2D eigenvalue weighted by Gasteiger charge is -2.02. The molecule has 0 aromatic carbocycles. The number of hydrogen-bond donors (Lipinski definition) is 2. The molecule has 0 bridgehead atoms. The van der Waals surface area contributed by atoms with Gasteiger partial charge in [-0.2, -0.15) is 0 Å². The lowest BCUT2D eigenvalue weighted by atomic mass is 10.1. The van der Waals surface area contributed by atoms with Gasteiger partial charge in [0.15, 0.2) is 0 Å². The fraction of sp³-hybridized carbons (Fsp3) is 0.393. The van der Waals surface area contributed by atoms with Gasteiger partial charge in [-0.3, -0.25) is 0 Å². The largest absolute Gasteiger partial charge is 0.478 e. The van der Waals surface area contributed by atoms with Gasteiger partial charge in [0.25, 0.3) is 0 Å². The topological polar surface area (TPSA) is 163 Å². The molecule has 220 valence electrons. The first-order valence-corrected chi connectivity index (χ1v) is 11.6. The van der Waals surface area contributed by atoms with E-state index < -0.39 is 17.9 Å². The molecule has 0 aliphatic heterocycles. The van der Waals surface area contributed by atoms with E-state index in [0.717, 1.165) is 18.9 Å². The molecule has 0 aromatic heterocycles. The second-order valence-corrected chi connectivity index (χ2v) is 6.98. The van der Waals surface area contributed by atoms with E-state index in [9.17, 15) is 24.0 Å². The van der Waals surface area contributed by atoms with Crippen LogP contribution >= 0.6 is 0 Å². The number of esters is 4. The Morgan fingerprint density at radius 3 is 1.69 bits per heavy atom. The number of hydrogen-bond acceptors (Lipinski definition) is 10. The van der Waals surface area contributed by atoms with Crippen molar-refractivity contribution in [3.05, 3.63) is 73.9 Å². The zero-order valence-corrected chi connectivity index (χ0v) is 23.4. The number of ether oxygens (including phenoxy) is 4. The van der Waals surface area contributed by atoms with E-state index in [4.69, 9.17) is 14.9 Å². The fourth-order valence-electron chi connectivity index (χ4n) is 1.44. The summed E-state index contributed by atoms with van der Waals surface area (Å²) in [5.74, 6) is -2.73. The zero-order chi connectivity index (χ0) is 31.2. The van der Waals surface area contributed by atoms with E-state index in [1.54, 1.807) is 6.92 Å². The average Bonchev–Trinajstić information content (AvgIpc) is 2.93. The predicted molar refractivity (Wildman–Crippen MR) is 147 cm³/mol. The molecule has 0 unspecified atom stereocenters. The molecular formula is C28H42O11. The molecule has 11 nitrogen and oxygen atoms in total. The second kappa shape index (κ2) is 30.0. The number of methoxy groups -OCH3 is 1. The van der Waals surface area contributed by atoms with E-state index in [1.165, 1.54) is 32.3 Å². The number of carbonyl (C=O) groups is 5. The summed E-state index contributed by atoms with van der Waals surface area (Å²) in [6.07, 6.45) is 7.24. The Labute approximate surface area is 230 Å². The van der Waals surface area contributed by atoms with E-state index in [1.807, 2.05) is 6.92 Å². The number of carboxylic acid groups (broad SMARTS) is 1. The minimum absolute atomic E-state index is 0.0465.